The molecule has 4 aliphatic heterocycles. The van der Waals surface area contributed by atoms with Crippen LogP contribution in [0.25, 0.3) is 39.3 Å². The molecule has 6 N–H and O–H groups in total. The first-order valence-electron chi connectivity index (χ1n) is 20.9. The largest absolute Gasteiger partial charge is 0.457 e. The minimum absolute atomic E-state index is 0.0993. The van der Waals surface area contributed by atoms with Gasteiger partial charge in [0.25, 0.3) is 0 Å². The molecule has 3 aromatic rings. The van der Waals surface area contributed by atoms with Gasteiger partial charge in [-0.15, -0.1) is 0 Å². The maximum atomic E-state index is 12.8. The first-order valence-corrected chi connectivity index (χ1v) is 22.0. The normalized spacial score (nSPS) is 19.8. The number of aryl methyl sites for hydroxylation is 3. The van der Waals surface area contributed by atoms with Gasteiger partial charge in [-0.1, -0.05) is 58.5 Å². The summed E-state index contributed by atoms with van der Waals surface area (Å²) in [6.45, 7) is 20.9. The second-order valence-electron chi connectivity index (χ2n) is 15.5. The number of nitrogens with zero attached hydrogens (tertiary/aromatic N) is 2. The van der Waals surface area contributed by atoms with Crippen molar-refractivity contribution in [3.8, 4) is 0 Å². The number of allylic oxidation sites excluding steroid dienone is 1. The quantitative estimate of drug-likeness (QED) is 0.0671. The van der Waals surface area contributed by atoms with E-state index in [1.54, 1.807) is 0 Å². The number of H-pyrrole nitrogens is 2. The van der Waals surface area contributed by atoms with Gasteiger partial charge in [0.15, 0.2) is 11.9 Å². The van der Waals surface area contributed by atoms with E-state index < -0.39 is 18.5 Å². The SMILES string of the molecule is C=Cc1c(C)c2cc3nc(c4c5nc(cc6[nH]c(cc1[nH]2)c(C)c6CC)C(C)=C5C(=O)OC4)CC3C.CC(O)CO.CCC.O=CSCCCOC1CC(O)CC(CO)O1. The van der Waals surface area contributed by atoms with Gasteiger partial charge in [0.2, 0.25) is 0 Å². The molecule has 5 unspecified atom stereocenters. The maximum absolute atomic E-state index is 12.8. The average molecular weight is 849 g/mol. The summed E-state index contributed by atoms with van der Waals surface area (Å²) in [5.41, 5.74) is 15.4. The van der Waals surface area contributed by atoms with Gasteiger partial charge >= 0.3 is 5.97 Å². The molecule has 14 heteroatoms. The van der Waals surface area contributed by atoms with Crippen LogP contribution in [-0.4, -0.2) is 102 Å². The number of ether oxygens (including phenoxy) is 3. The average Bonchev–Trinajstić information content (AvgIpc) is 3.93. The zero-order valence-electron chi connectivity index (χ0n) is 36.4. The number of nitrogens with one attached hydrogen (secondary N) is 2. The first kappa shape index (κ1) is 48.5. The van der Waals surface area contributed by atoms with Gasteiger partial charge in [-0.3, -0.25) is 9.78 Å². The molecule has 328 valence electrons. The summed E-state index contributed by atoms with van der Waals surface area (Å²) in [4.78, 5) is 40.1. The van der Waals surface area contributed by atoms with E-state index in [0.29, 0.717) is 25.0 Å². The van der Waals surface area contributed by atoms with E-state index in [1.807, 2.05) is 13.0 Å². The molecule has 1 saturated heterocycles. The molecule has 0 amide bonds. The van der Waals surface area contributed by atoms with E-state index in [1.165, 1.54) is 36.2 Å². The lowest BCUT2D eigenvalue weighted by molar-refractivity contribution is -0.221. The van der Waals surface area contributed by atoms with Crippen molar-refractivity contribution in [1.82, 2.24) is 19.9 Å². The Hall–Kier alpha value is -4.15. The zero-order valence-corrected chi connectivity index (χ0v) is 37.2. The molecular weight excluding hydrogens is 785 g/mol. The highest BCUT2D eigenvalue weighted by Gasteiger charge is 2.34. The molecule has 0 radical (unpaired) electrons. The van der Waals surface area contributed by atoms with Crippen LogP contribution in [0.5, 0.6) is 0 Å². The van der Waals surface area contributed by atoms with E-state index in [0.717, 1.165) is 97.7 Å². The number of hydrogen-bond donors (Lipinski definition) is 6. The summed E-state index contributed by atoms with van der Waals surface area (Å²) in [6, 6.07) is 6.38. The molecule has 0 spiro atoms. The molecule has 7 rings (SSSR count). The smallest absolute Gasteiger partial charge is 0.341 e. The van der Waals surface area contributed by atoms with Crippen molar-refractivity contribution >= 4 is 62.6 Å². The Morgan fingerprint density at radius 1 is 1.03 bits per heavy atom. The number of fused-ring (bicyclic) bond motifs is 8. The Labute approximate surface area is 357 Å². The molecular formula is C46H64N4O9S. The Morgan fingerprint density at radius 3 is 2.35 bits per heavy atom. The standard InChI is InChI=1S/C30H30N4O2.C10H18O5S.C3H8O2.C3H8/c1-7-18-15(4)22-10-21-14(3)9-25(31-21)20-13-36-30(35)28-17(6)24(34-29(20)28)12-27-19(8-2)16(5)23(33-27)11-26(18)32-22;11-6-9-4-8(13)5-10(15-9)14-2-1-3-16-7-12;1-3(5)2-4;1-3-2/h7,10-12,14,32-33H,1,8-9,13H2,2-6H3;7-11,13H,1-6H2;3-5H,2H2,1H3;3H2,1-2H3. The fourth-order valence-corrected chi connectivity index (χ4v) is 7.71. The van der Waals surface area contributed by atoms with Crippen molar-refractivity contribution < 1.29 is 44.2 Å². The van der Waals surface area contributed by atoms with Gasteiger partial charge in [-0.2, -0.15) is 0 Å². The van der Waals surface area contributed by atoms with Crippen LogP contribution in [0, 0.1) is 13.8 Å². The van der Waals surface area contributed by atoms with Crippen molar-refractivity contribution in [3.05, 3.63) is 75.4 Å². The van der Waals surface area contributed by atoms with Crippen LogP contribution in [0.15, 0.2) is 24.8 Å². The van der Waals surface area contributed by atoms with Crippen molar-refractivity contribution in [3.63, 3.8) is 0 Å². The van der Waals surface area contributed by atoms with Crippen LogP contribution in [0.2, 0.25) is 0 Å². The van der Waals surface area contributed by atoms with Gasteiger partial charge in [0.1, 0.15) is 6.61 Å². The summed E-state index contributed by atoms with van der Waals surface area (Å²) < 4.78 is 16.4. The van der Waals surface area contributed by atoms with Crippen LogP contribution in [0.3, 0.4) is 0 Å². The van der Waals surface area contributed by atoms with Crippen LogP contribution in [0.1, 0.15) is 124 Å². The number of aliphatic hydroxyl groups is 4. The number of thioether (sulfide) groups is 1. The lowest BCUT2D eigenvalue weighted by atomic mass is 9.97. The minimum atomic E-state index is -0.560. The van der Waals surface area contributed by atoms with Crippen LogP contribution in [-0.2, 0) is 43.2 Å². The van der Waals surface area contributed by atoms with E-state index in [9.17, 15) is 14.7 Å². The van der Waals surface area contributed by atoms with Crippen LogP contribution < -0.4 is 0 Å². The van der Waals surface area contributed by atoms with Crippen LogP contribution >= 0.6 is 11.8 Å². The van der Waals surface area contributed by atoms with E-state index in [2.05, 4.69) is 76.3 Å². The number of cyclic esters (lactones) is 1. The maximum Gasteiger partial charge on any atom is 0.341 e. The second-order valence-corrected chi connectivity index (χ2v) is 16.4. The Balaban J connectivity index is 0.000000275. The fraction of sp³-hybridized carbons (Fsp3) is 0.522. The third-order valence-corrected chi connectivity index (χ3v) is 11.2. The number of rotatable bonds is 10. The van der Waals surface area contributed by atoms with E-state index in [-0.39, 0.29) is 37.8 Å². The molecule has 3 aromatic heterocycles. The summed E-state index contributed by atoms with van der Waals surface area (Å²) in [5.74, 6) is 0.660. The molecule has 0 saturated carbocycles. The minimum Gasteiger partial charge on any atom is -0.457 e. The molecule has 7 heterocycles. The predicted octanol–water partition coefficient (Wildman–Crippen LogP) is 7.42. The summed E-state index contributed by atoms with van der Waals surface area (Å²) in [7, 11) is 0. The number of carbonyl (C=O) groups excluding carboxylic acids is 2. The van der Waals surface area contributed by atoms with Gasteiger partial charge in [0.05, 0.1) is 60.8 Å². The molecule has 1 fully saturated rings. The molecule has 5 atom stereocenters. The lowest BCUT2D eigenvalue weighted by Gasteiger charge is -2.31. The molecule has 8 bridgehead atoms. The highest BCUT2D eigenvalue weighted by Crippen LogP contribution is 2.39. The molecule has 0 aromatic carbocycles. The van der Waals surface area contributed by atoms with E-state index >= 15 is 0 Å². The Bertz CT molecular complexity index is 2160. The number of aliphatic hydroxyl groups excluding tert-OH is 4. The summed E-state index contributed by atoms with van der Waals surface area (Å²) in [5, 5.41) is 34.4. The van der Waals surface area contributed by atoms with Crippen molar-refractivity contribution in [2.75, 3.05) is 25.6 Å². The Kier molecular flexibility index (Phi) is 18.7. The number of hydrogen-bond acceptors (Lipinski definition) is 12. The van der Waals surface area contributed by atoms with Gasteiger partial charge < -0.3 is 44.6 Å². The predicted molar refractivity (Wildman–Crippen MR) is 240 cm³/mol. The third kappa shape index (κ3) is 12.0. The van der Waals surface area contributed by atoms with E-state index in [4.69, 9.17) is 39.5 Å². The lowest BCUT2D eigenvalue weighted by Crippen LogP contribution is -2.39. The monoisotopic (exact) mass is 848 g/mol. The summed E-state index contributed by atoms with van der Waals surface area (Å²) >= 11 is 1.21. The van der Waals surface area contributed by atoms with Gasteiger partial charge in [-0.05, 0) is 87.4 Å². The zero-order chi connectivity index (χ0) is 44.1. The molecule has 4 aliphatic rings. The second kappa shape index (κ2) is 23.2. The third-order valence-electron chi connectivity index (χ3n) is 10.5. The topological polar surface area (TPSA) is 200 Å². The van der Waals surface area contributed by atoms with Crippen molar-refractivity contribution in [2.45, 2.75) is 131 Å². The van der Waals surface area contributed by atoms with Crippen LogP contribution in [0.4, 0.5) is 0 Å². The highest BCUT2D eigenvalue weighted by molar-refractivity contribution is 8.11. The number of carbonyl (C=O) groups is 2. The molecule has 0 aliphatic carbocycles. The first-order chi connectivity index (χ1) is 28.7. The highest BCUT2D eigenvalue weighted by atomic mass is 32.2. The number of aromatic amines is 2. The number of esters is 1. The number of aromatic nitrogens is 4. The van der Waals surface area contributed by atoms with Crippen molar-refractivity contribution in [2.24, 2.45) is 0 Å². The summed E-state index contributed by atoms with van der Waals surface area (Å²) in [6.07, 6.45) is 4.69. The molecule has 60 heavy (non-hydrogen) atoms. The molecule has 13 nitrogen and oxygen atoms in total. The van der Waals surface area contributed by atoms with Gasteiger partial charge in [0, 0.05) is 63.4 Å². The van der Waals surface area contributed by atoms with Crippen molar-refractivity contribution in [1.29, 1.82) is 0 Å². The fourth-order valence-electron chi connectivity index (χ4n) is 7.33. The Morgan fingerprint density at radius 2 is 1.72 bits per heavy atom. The van der Waals surface area contributed by atoms with Gasteiger partial charge in [-0.25, -0.2) is 9.78 Å².